The maximum absolute atomic E-state index is 13.2. The van der Waals surface area contributed by atoms with Gasteiger partial charge in [-0.25, -0.2) is 13.8 Å². The molecule has 2 heterocycles. The minimum atomic E-state index is -0.635. The minimum Gasteiger partial charge on any atom is -0.310 e. The Morgan fingerprint density at radius 1 is 1.11 bits per heavy atom. The molecule has 1 aliphatic heterocycles. The highest BCUT2D eigenvalue weighted by atomic mass is 19.1. The van der Waals surface area contributed by atoms with Gasteiger partial charge in [0, 0.05) is 5.56 Å². The van der Waals surface area contributed by atoms with Crippen LogP contribution in [0.1, 0.15) is 17.0 Å². The average Bonchev–Trinajstić information content (AvgIpc) is 2.66. The van der Waals surface area contributed by atoms with Crippen molar-refractivity contribution in [2.24, 2.45) is 0 Å². The van der Waals surface area contributed by atoms with Gasteiger partial charge in [-0.2, -0.15) is 0 Å². The van der Waals surface area contributed by atoms with Crippen LogP contribution in [0.2, 0.25) is 0 Å². The van der Waals surface area contributed by atoms with Crippen molar-refractivity contribution < 1.29 is 13.6 Å². The number of nitrogens with one attached hydrogen (secondary N) is 1. The highest BCUT2D eigenvalue weighted by Gasteiger charge is 2.33. The van der Waals surface area contributed by atoms with Gasteiger partial charge < -0.3 is 5.32 Å². The van der Waals surface area contributed by atoms with E-state index in [4.69, 9.17) is 0 Å². The predicted octanol–water partition coefficient (Wildman–Crippen LogP) is 2.44. The van der Waals surface area contributed by atoms with E-state index in [2.05, 4.69) is 10.3 Å². The van der Waals surface area contributed by atoms with Crippen molar-refractivity contribution in [3.63, 3.8) is 0 Å². The van der Waals surface area contributed by atoms with Crippen molar-refractivity contribution in [3.8, 4) is 0 Å². The summed E-state index contributed by atoms with van der Waals surface area (Å²) in [5, 5.41) is 2.58. The molecule has 1 aliphatic rings. The number of anilines is 1. The number of hydrogen-bond donors (Lipinski definition) is 1. The molecule has 0 saturated heterocycles. The largest absolute Gasteiger partial charge is 0.310 e. The summed E-state index contributed by atoms with van der Waals surface area (Å²) in [6.07, 6.45) is 1.05. The fraction of sp³-hybridized carbons (Fsp3) is 0.0769. The van der Waals surface area contributed by atoms with Gasteiger partial charge in [0.2, 0.25) is 5.91 Å². The summed E-state index contributed by atoms with van der Waals surface area (Å²) in [5.74, 6) is -1.44. The van der Waals surface area contributed by atoms with Crippen LogP contribution in [-0.2, 0) is 4.79 Å². The molecule has 1 atom stereocenters. The van der Waals surface area contributed by atoms with Crippen LogP contribution < -0.4 is 5.32 Å². The first-order valence-corrected chi connectivity index (χ1v) is 5.37. The topological polar surface area (TPSA) is 42.0 Å². The van der Waals surface area contributed by atoms with Gasteiger partial charge in [0.15, 0.2) is 0 Å². The van der Waals surface area contributed by atoms with Crippen LogP contribution >= 0.6 is 0 Å². The van der Waals surface area contributed by atoms with Crippen LogP contribution in [0.15, 0.2) is 36.5 Å². The number of benzene rings is 1. The van der Waals surface area contributed by atoms with E-state index < -0.39 is 11.7 Å². The SMILES string of the molecule is O=C1Nc2ncc(F)cc2C1c1ccc(F)cc1. The first kappa shape index (κ1) is 10.8. The molecule has 0 spiro atoms. The summed E-state index contributed by atoms with van der Waals surface area (Å²) in [7, 11) is 0. The molecule has 1 aromatic heterocycles. The minimum absolute atomic E-state index is 0.283. The molecule has 3 rings (SSSR count). The van der Waals surface area contributed by atoms with Crippen LogP contribution in [0.4, 0.5) is 14.6 Å². The highest BCUT2D eigenvalue weighted by Crippen LogP contribution is 2.35. The lowest BCUT2D eigenvalue weighted by Gasteiger charge is -2.08. The molecule has 2 aromatic rings. The van der Waals surface area contributed by atoms with Gasteiger partial charge in [0.25, 0.3) is 0 Å². The molecular weight excluding hydrogens is 238 g/mol. The standard InChI is InChI=1S/C13H8F2N2O/c14-8-3-1-7(2-4-8)11-10-5-9(15)6-16-12(10)17-13(11)18/h1-6,11H,(H,16,17,18). The number of carbonyl (C=O) groups excluding carboxylic acids is 1. The number of nitrogens with zero attached hydrogens (tertiary/aromatic N) is 1. The van der Waals surface area contributed by atoms with Crippen molar-refractivity contribution in [2.45, 2.75) is 5.92 Å². The number of hydrogen-bond acceptors (Lipinski definition) is 2. The Hall–Kier alpha value is -2.30. The quantitative estimate of drug-likeness (QED) is 0.839. The second-order valence-corrected chi connectivity index (χ2v) is 4.07. The molecule has 1 unspecified atom stereocenters. The van der Waals surface area contributed by atoms with E-state index in [0.29, 0.717) is 16.9 Å². The summed E-state index contributed by atoms with van der Waals surface area (Å²) in [4.78, 5) is 15.7. The van der Waals surface area contributed by atoms with Crippen molar-refractivity contribution in [2.75, 3.05) is 5.32 Å². The first-order chi connectivity index (χ1) is 8.65. The number of amides is 1. The van der Waals surface area contributed by atoms with Gasteiger partial charge >= 0.3 is 0 Å². The van der Waals surface area contributed by atoms with Gasteiger partial charge in [-0.15, -0.1) is 0 Å². The Labute approximate surface area is 101 Å². The third-order valence-electron chi connectivity index (χ3n) is 2.90. The zero-order valence-electron chi connectivity index (χ0n) is 9.15. The van der Waals surface area contributed by atoms with Crippen molar-refractivity contribution >= 4 is 11.7 Å². The van der Waals surface area contributed by atoms with E-state index in [1.165, 1.54) is 30.3 Å². The smallest absolute Gasteiger partial charge is 0.237 e. The molecular formula is C13H8F2N2O. The summed E-state index contributed by atoms with van der Waals surface area (Å²) in [5.41, 5.74) is 1.09. The fourth-order valence-corrected chi connectivity index (χ4v) is 2.10. The number of rotatable bonds is 1. The van der Waals surface area contributed by atoms with E-state index in [1.807, 2.05) is 0 Å². The highest BCUT2D eigenvalue weighted by molar-refractivity contribution is 6.03. The Kier molecular flexibility index (Phi) is 2.33. The maximum atomic E-state index is 13.2. The molecule has 0 fully saturated rings. The Morgan fingerprint density at radius 3 is 2.56 bits per heavy atom. The normalized spacial score (nSPS) is 17.4. The van der Waals surface area contributed by atoms with E-state index >= 15 is 0 Å². The summed E-state index contributed by atoms with van der Waals surface area (Å²) in [6.45, 7) is 0. The van der Waals surface area contributed by atoms with Crippen molar-refractivity contribution in [1.82, 2.24) is 4.98 Å². The van der Waals surface area contributed by atoms with Crippen LogP contribution in [0, 0.1) is 11.6 Å². The Morgan fingerprint density at radius 2 is 1.83 bits per heavy atom. The Balaban J connectivity index is 2.11. The zero-order chi connectivity index (χ0) is 12.7. The lowest BCUT2D eigenvalue weighted by molar-refractivity contribution is -0.116. The zero-order valence-corrected chi connectivity index (χ0v) is 9.15. The van der Waals surface area contributed by atoms with E-state index in [-0.39, 0.29) is 11.7 Å². The lowest BCUT2D eigenvalue weighted by atomic mass is 9.93. The average molecular weight is 246 g/mol. The van der Waals surface area contributed by atoms with Crippen LogP contribution in [-0.4, -0.2) is 10.9 Å². The first-order valence-electron chi connectivity index (χ1n) is 5.37. The predicted molar refractivity (Wildman–Crippen MR) is 61.1 cm³/mol. The summed E-state index contributed by atoms with van der Waals surface area (Å²) < 4.78 is 26.0. The molecule has 3 nitrogen and oxygen atoms in total. The Bertz CT molecular complexity index is 625. The molecule has 1 N–H and O–H groups in total. The molecule has 18 heavy (non-hydrogen) atoms. The van der Waals surface area contributed by atoms with Crippen LogP contribution in [0.25, 0.3) is 0 Å². The monoisotopic (exact) mass is 246 g/mol. The molecule has 1 aromatic carbocycles. The summed E-state index contributed by atoms with van der Waals surface area (Å²) >= 11 is 0. The lowest BCUT2D eigenvalue weighted by Crippen LogP contribution is -2.13. The number of halogens is 2. The molecule has 0 aliphatic carbocycles. The third kappa shape index (κ3) is 1.64. The number of aromatic nitrogens is 1. The van der Waals surface area contributed by atoms with E-state index in [1.54, 1.807) is 0 Å². The van der Waals surface area contributed by atoms with E-state index in [9.17, 15) is 13.6 Å². The fourth-order valence-electron chi connectivity index (χ4n) is 2.10. The van der Waals surface area contributed by atoms with Crippen LogP contribution in [0.5, 0.6) is 0 Å². The number of pyridine rings is 1. The second-order valence-electron chi connectivity index (χ2n) is 4.07. The summed E-state index contributed by atoms with van der Waals surface area (Å²) in [6, 6.07) is 6.84. The number of fused-ring (bicyclic) bond motifs is 1. The second kappa shape index (κ2) is 3.87. The number of carbonyl (C=O) groups is 1. The molecule has 5 heteroatoms. The molecule has 90 valence electrons. The van der Waals surface area contributed by atoms with Gasteiger partial charge in [0.05, 0.1) is 12.1 Å². The molecule has 0 bridgehead atoms. The van der Waals surface area contributed by atoms with E-state index in [0.717, 1.165) is 6.20 Å². The van der Waals surface area contributed by atoms with Gasteiger partial charge in [-0.1, -0.05) is 12.1 Å². The van der Waals surface area contributed by atoms with Gasteiger partial charge in [-0.3, -0.25) is 4.79 Å². The maximum Gasteiger partial charge on any atom is 0.237 e. The van der Waals surface area contributed by atoms with Crippen molar-refractivity contribution in [1.29, 1.82) is 0 Å². The van der Waals surface area contributed by atoms with Crippen LogP contribution in [0.3, 0.4) is 0 Å². The third-order valence-corrected chi connectivity index (χ3v) is 2.90. The van der Waals surface area contributed by atoms with Gasteiger partial charge in [-0.05, 0) is 23.8 Å². The van der Waals surface area contributed by atoms with Gasteiger partial charge in [0.1, 0.15) is 17.5 Å². The molecule has 1 amide bonds. The molecule has 0 saturated carbocycles. The van der Waals surface area contributed by atoms with Crippen molar-refractivity contribution in [3.05, 3.63) is 59.3 Å². The molecule has 0 radical (unpaired) electrons.